The van der Waals surface area contributed by atoms with Crippen LogP contribution in [0.4, 0.5) is 15.6 Å². The number of fused-ring (bicyclic) bond motifs is 1. The lowest BCUT2D eigenvalue weighted by molar-refractivity contribution is 0.207. The van der Waals surface area contributed by atoms with E-state index in [0.717, 1.165) is 56.3 Å². The van der Waals surface area contributed by atoms with E-state index in [0.29, 0.717) is 0 Å². The lowest BCUT2D eigenvalue weighted by atomic mass is 9.99. The molecule has 1 saturated heterocycles. The van der Waals surface area contributed by atoms with Crippen molar-refractivity contribution < 1.29 is 4.79 Å². The first-order valence-electron chi connectivity index (χ1n) is 11.1. The highest BCUT2D eigenvalue weighted by Gasteiger charge is 2.26. The molecule has 0 N–H and O–H groups in total. The first kappa shape index (κ1) is 21.3. The molecule has 5 rings (SSSR count). The summed E-state index contributed by atoms with van der Waals surface area (Å²) >= 11 is 3.56. The van der Waals surface area contributed by atoms with Crippen LogP contribution in [0.25, 0.3) is 0 Å². The van der Waals surface area contributed by atoms with Crippen molar-refractivity contribution in [2.45, 2.75) is 30.7 Å². The monoisotopic (exact) mass is 464 g/mol. The third-order valence-electron chi connectivity index (χ3n) is 6.30. The molecule has 3 aromatic rings. The summed E-state index contributed by atoms with van der Waals surface area (Å²) in [5.74, 6) is 0. The molecular formula is C25H28N4OS2. The number of carbonyl (C=O) groups is 1. The Morgan fingerprint density at radius 1 is 1.06 bits per heavy atom. The number of rotatable bonds is 5. The first-order chi connectivity index (χ1) is 15.6. The number of nitrogens with zero attached hydrogens (tertiary/aromatic N) is 4. The average Bonchev–Trinajstić information content (AvgIpc) is 3.29. The number of benzene rings is 2. The quantitative estimate of drug-likeness (QED) is 0.482. The Hall–Kier alpha value is -2.51. The number of thioether (sulfide) groups is 1. The van der Waals surface area contributed by atoms with Crippen LogP contribution in [0, 0.1) is 0 Å². The predicted octanol–water partition coefficient (Wildman–Crippen LogP) is 5.28. The van der Waals surface area contributed by atoms with Crippen LogP contribution in [-0.4, -0.2) is 48.9 Å². The number of amides is 2. The molecule has 1 fully saturated rings. The molecule has 2 aliphatic heterocycles. The van der Waals surface area contributed by atoms with E-state index in [1.807, 2.05) is 18.1 Å². The van der Waals surface area contributed by atoms with Gasteiger partial charge in [0.05, 0.1) is 0 Å². The molecule has 0 radical (unpaired) electrons. The summed E-state index contributed by atoms with van der Waals surface area (Å²) in [6, 6.07) is 15.4. The Morgan fingerprint density at radius 2 is 1.91 bits per heavy atom. The Balaban J connectivity index is 1.30. The smallest absolute Gasteiger partial charge is 0.324 e. The van der Waals surface area contributed by atoms with Gasteiger partial charge in [0.1, 0.15) is 0 Å². The summed E-state index contributed by atoms with van der Waals surface area (Å²) in [6.07, 6.45) is 7.07. The Bertz CT molecular complexity index is 1110. The largest absolute Gasteiger partial charge is 0.343 e. The number of carbonyl (C=O) groups excluding carboxylic acids is 1. The van der Waals surface area contributed by atoms with Gasteiger partial charge in [0.25, 0.3) is 0 Å². The van der Waals surface area contributed by atoms with Crippen LogP contribution in [0.5, 0.6) is 0 Å². The minimum absolute atomic E-state index is 0.0963. The van der Waals surface area contributed by atoms with Crippen molar-refractivity contribution in [3.8, 4) is 0 Å². The van der Waals surface area contributed by atoms with Gasteiger partial charge in [-0.3, -0.25) is 4.90 Å². The van der Waals surface area contributed by atoms with Gasteiger partial charge in [-0.1, -0.05) is 18.2 Å². The lowest BCUT2D eigenvalue weighted by Crippen LogP contribution is -2.47. The van der Waals surface area contributed by atoms with E-state index in [9.17, 15) is 4.79 Å². The van der Waals surface area contributed by atoms with Crippen molar-refractivity contribution in [2.24, 2.45) is 0 Å². The van der Waals surface area contributed by atoms with E-state index in [2.05, 4.69) is 53.6 Å². The second kappa shape index (κ2) is 9.16. The molecule has 0 unspecified atom stereocenters. The molecule has 2 aliphatic rings. The van der Waals surface area contributed by atoms with Crippen LogP contribution >= 0.6 is 23.1 Å². The molecule has 0 atom stereocenters. The summed E-state index contributed by atoms with van der Waals surface area (Å²) in [4.78, 5) is 26.0. The number of thiazole rings is 1. The third-order valence-corrected chi connectivity index (χ3v) is 8.10. The topological polar surface area (TPSA) is 39.7 Å². The van der Waals surface area contributed by atoms with E-state index in [-0.39, 0.29) is 6.03 Å². The van der Waals surface area contributed by atoms with Crippen LogP contribution in [0.1, 0.15) is 28.0 Å². The lowest BCUT2D eigenvalue weighted by Gasteiger charge is -2.34. The van der Waals surface area contributed by atoms with Gasteiger partial charge in [-0.25, -0.2) is 9.78 Å². The van der Waals surface area contributed by atoms with Gasteiger partial charge in [-0.15, -0.1) is 23.1 Å². The summed E-state index contributed by atoms with van der Waals surface area (Å²) < 4.78 is 0. The summed E-state index contributed by atoms with van der Waals surface area (Å²) in [5.41, 5.74) is 5.02. The molecule has 2 aromatic carbocycles. The van der Waals surface area contributed by atoms with Gasteiger partial charge in [0.15, 0.2) is 5.13 Å². The Labute approximate surface area is 198 Å². The van der Waals surface area contributed by atoms with E-state index in [1.54, 1.807) is 28.0 Å². The van der Waals surface area contributed by atoms with E-state index in [1.165, 1.54) is 26.5 Å². The normalized spacial score (nSPS) is 16.4. The zero-order valence-corrected chi connectivity index (χ0v) is 20.2. The number of hydrogen-bond acceptors (Lipinski definition) is 5. The maximum atomic E-state index is 12.6. The minimum Gasteiger partial charge on any atom is -0.343 e. The van der Waals surface area contributed by atoms with Crippen LogP contribution in [0.15, 0.2) is 53.6 Å². The second-order valence-electron chi connectivity index (χ2n) is 8.47. The molecule has 1 aromatic heterocycles. The third kappa shape index (κ3) is 4.36. The van der Waals surface area contributed by atoms with Crippen LogP contribution < -0.4 is 9.80 Å². The maximum absolute atomic E-state index is 12.6. The van der Waals surface area contributed by atoms with Crippen molar-refractivity contribution in [1.29, 1.82) is 0 Å². The zero-order valence-electron chi connectivity index (χ0n) is 18.6. The fourth-order valence-corrected chi connectivity index (χ4v) is 5.82. The molecule has 32 heavy (non-hydrogen) atoms. The highest BCUT2D eigenvalue weighted by molar-refractivity contribution is 7.98. The maximum Gasteiger partial charge on any atom is 0.324 e. The highest BCUT2D eigenvalue weighted by atomic mass is 32.2. The highest BCUT2D eigenvalue weighted by Crippen LogP contribution is 2.32. The van der Waals surface area contributed by atoms with Gasteiger partial charge < -0.3 is 9.80 Å². The molecule has 3 heterocycles. The minimum atomic E-state index is 0.0963. The summed E-state index contributed by atoms with van der Waals surface area (Å²) in [6.45, 7) is 3.45. The van der Waals surface area contributed by atoms with E-state index >= 15 is 0 Å². The predicted molar refractivity (Wildman–Crippen MR) is 134 cm³/mol. The molecule has 0 bridgehead atoms. The van der Waals surface area contributed by atoms with Crippen LogP contribution in [0.2, 0.25) is 0 Å². The van der Waals surface area contributed by atoms with Gasteiger partial charge in [-0.2, -0.15) is 0 Å². The van der Waals surface area contributed by atoms with Crippen LogP contribution in [0.3, 0.4) is 0 Å². The Morgan fingerprint density at radius 3 is 2.72 bits per heavy atom. The van der Waals surface area contributed by atoms with Gasteiger partial charge in [-0.05, 0) is 60.1 Å². The van der Waals surface area contributed by atoms with Crippen molar-refractivity contribution in [2.75, 3.05) is 42.7 Å². The van der Waals surface area contributed by atoms with E-state index < -0.39 is 0 Å². The number of urea groups is 1. The standard InChI is InChI=1S/C25H28N4OS2/c1-27-11-3-12-29(25(27)30)21-7-6-19-10-13-28(17-20(19)15-21)24-26-16-23(32-24)14-18-4-8-22(31-2)9-5-18/h4-9,15-16H,3,10-14,17H2,1-2H3. The van der Waals surface area contributed by atoms with Crippen LogP contribution in [-0.2, 0) is 19.4 Å². The van der Waals surface area contributed by atoms with Crippen molar-refractivity contribution in [3.63, 3.8) is 0 Å². The molecule has 0 spiro atoms. The SMILES string of the molecule is CSc1ccc(Cc2cnc(N3CCc4ccc(N5CCCN(C)C5=O)cc4C3)s2)cc1. The Kier molecular flexibility index (Phi) is 6.11. The van der Waals surface area contributed by atoms with Crippen molar-refractivity contribution in [1.82, 2.24) is 9.88 Å². The number of aromatic nitrogens is 1. The molecule has 7 heteroatoms. The van der Waals surface area contributed by atoms with Gasteiger partial charge >= 0.3 is 6.03 Å². The summed E-state index contributed by atoms with van der Waals surface area (Å²) in [5, 5.41) is 1.09. The molecule has 0 aliphatic carbocycles. The van der Waals surface area contributed by atoms with Gasteiger partial charge in [0, 0.05) is 61.3 Å². The number of anilines is 2. The average molecular weight is 465 g/mol. The molecule has 5 nitrogen and oxygen atoms in total. The fourth-order valence-electron chi connectivity index (χ4n) is 4.45. The number of hydrogen-bond donors (Lipinski definition) is 0. The first-order valence-corrected chi connectivity index (χ1v) is 13.1. The fraction of sp³-hybridized carbons (Fsp3) is 0.360. The molecular weight excluding hydrogens is 436 g/mol. The van der Waals surface area contributed by atoms with Gasteiger partial charge in [0.2, 0.25) is 0 Å². The van der Waals surface area contributed by atoms with E-state index in [4.69, 9.17) is 4.98 Å². The molecule has 2 amide bonds. The van der Waals surface area contributed by atoms with Crippen molar-refractivity contribution in [3.05, 3.63) is 70.2 Å². The summed E-state index contributed by atoms with van der Waals surface area (Å²) in [7, 11) is 1.88. The second-order valence-corrected chi connectivity index (χ2v) is 10.4. The zero-order chi connectivity index (χ0) is 22.1. The molecule has 0 saturated carbocycles. The van der Waals surface area contributed by atoms with Crippen molar-refractivity contribution >= 4 is 39.9 Å². The molecule has 166 valence electrons.